The summed E-state index contributed by atoms with van der Waals surface area (Å²) in [5.74, 6) is 1.13. The molecule has 3 amide bonds. The maximum Gasteiger partial charge on any atom is 0.246 e. The second kappa shape index (κ2) is 19.6. The number of benzene rings is 2. The lowest BCUT2D eigenvalue weighted by Crippen LogP contribution is -2.55. The first-order valence-corrected chi connectivity index (χ1v) is 25.3. The lowest BCUT2D eigenvalue weighted by atomic mass is 9.78. The van der Waals surface area contributed by atoms with Crippen LogP contribution < -0.4 is 10.2 Å². The first-order valence-electron chi connectivity index (χ1n) is 25.3. The number of aromatic nitrogens is 4. The van der Waals surface area contributed by atoms with Crippen molar-refractivity contribution in [1.82, 2.24) is 35.1 Å². The van der Waals surface area contributed by atoms with Crippen molar-refractivity contribution in [2.24, 2.45) is 17.8 Å². The molecular formula is C54H72N8O6. The summed E-state index contributed by atoms with van der Waals surface area (Å²) in [6, 6.07) is 12.1. The SMILES string of the molecule is CC(=O)C[C@H](C(=O)N1[C@@H](C)CC[C@H]1c1ncc(-c2ccc(-c3ccc(-c4cnc([C@@H]5CC[C@H](C)N5C(=O)[C@@H](NC(C)=O)C5C[C@@H](C)O[C@H](C)C5)[nH]4)cc3)c3c2N(C)CC3)[nH]1)C1C[C@@H](C)O[C@H](C)C1. The second-order valence-electron chi connectivity index (χ2n) is 21.1. The number of ether oxygens (including phenoxy) is 2. The molecule has 14 heteroatoms. The number of nitrogens with one attached hydrogen (secondary N) is 3. The van der Waals surface area contributed by atoms with Crippen LogP contribution in [0.4, 0.5) is 5.69 Å². The van der Waals surface area contributed by atoms with Gasteiger partial charge in [-0.25, -0.2) is 9.97 Å². The Balaban J connectivity index is 0.925. The number of Topliss-reactive ketones (excluding diaryl/α,β-unsaturated/α-hetero) is 1. The van der Waals surface area contributed by atoms with E-state index in [-0.39, 0.29) is 96.3 Å². The Kier molecular flexibility index (Phi) is 13.7. The summed E-state index contributed by atoms with van der Waals surface area (Å²) in [4.78, 5) is 77.4. The molecule has 0 aliphatic carbocycles. The standard InChI is InChI=1S/C54H72N8O6/c1-29-10-18-47(61(29)53(65)44(22-31(3)63)39-23-32(4)67-33(5)24-39)52-56-28-46(59-52)43-17-16-41(42-20-21-60(9)50(42)43)37-12-14-38(15-13-37)45-27-55-51(58-45)48-19-11-30(2)62(48)54(66)49(57-36(8)64)40-25-34(6)68-35(7)26-40/h12-17,27-30,32-35,39-40,44,47-49H,10-11,18-26H2,1-9H3,(H,55,58)(H,56,59)(H,57,64)/t29-,30-,32+,33+,34+,35+,44-,47-,48-,49-/m0/s1. The molecule has 0 spiro atoms. The quantitative estimate of drug-likeness (QED) is 0.126. The number of aromatic amines is 2. The van der Waals surface area contributed by atoms with E-state index in [1.807, 2.05) is 36.0 Å². The van der Waals surface area contributed by atoms with E-state index in [0.717, 1.165) is 104 Å². The van der Waals surface area contributed by atoms with Crippen molar-refractivity contribution in [2.75, 3.05) is 18.5 Å². The lowest BCUT2D eigenvalue weighted by molar-refractivity contribution is -0.146. The van der Waals surface area contributed by atoms with Gasteiger partial charge in [0.15, 0.2) is 0 Å². The van der Waals surface area contributed by atoms with E-state index in [0.29, 0.717) is 0 Å². The highest BCUT2D eigenvalue weighted by Crippen LogP contribution is 2.45. The zero-order chi connectivity index (χ0) is 48.1. The predicted octanol–water partition coefficient (Wildman–Crippen LogP) is 8.74. The van der Waals surface area contributed by atoms with Crippen molar-refractivity contribution in [2.45, 2.75) is 174 Å². The molecule has 10 atom stereocenters. The lowest BCUT2D eigenvalue weighted by Gasteiger charge is -2.39. The summed E-state index contributed by atoms with van der Waals surface area (Å²) in [5, 5.41) is 3.03. The van der Waals surface area contributed by atoms with Gasteiger partial charge in [0, 0.05) is 56.2 Å². The van der Waals surface area contributed by atoms with Gasteiger partial charge in [0.05, 0.1) is 60.3 Å². The number of carbonyl (C=O) groups excluding carboxylic acids is 4. The monoisotopic (exact) mass is 929 g/mol. The molecule has 2 aromatic heterocycles. The second-order valence-corrected chi connectivity index (χ2v) is 21.1. The molecule has 0 bridgehead atoms. The number of ketones is 1. The Morgan fingerprint density at radius 1 is 0.676 bits per heavy atom. The smallest absolute Gasteiger partial charge is 0.246 e. The predicted molar refractivity (Wildman–Crippen MR) is 262 cm³/mol. The van der Waals surface area contributed by atoms with Gasteiger partial charge in [-0.3, -0.25) is 14.4 Å². The average molecular weight is 929 g/mol. The number of carbonyl (C=O) groups is 4. The third-order valence-corrected chi connectivity index (χ3v) is 15.8. The van der Waals surface area contributed by atoms with Crippen LogP contribution in [0.3, 0.4) is 0 Å². The van der Waals surface area contributed by atoms with Gasteiger partial charge in [0.1, 0.15) is 23.5 Å². The molecule has 3 N–H and O–H groups in total. The number of fused-ring (bicyclic) bond motifs is 1. The first-order chi connectivity index (χ1) is 32.5. The van der Waals surface area contributed by atoms with E-state index >= 15 is 0 Å². The number of nitrogens with zero attached hydrogens (tertiary/aromatic N) is 5. The number of likely N-dealkylation sites (tertiary alicyclic amines) is 2. The van der Waals surface area contributed by atoms with E-state index in [1.54, 1.807) is 6.92 Å². The molecule has 4 saturated heterocycles. The zero-order valence-corrected chi connectivity index (χ0v) is 41.5. The Morgan fingerprint density at radius 3 is 1.76 bits per heavy atom. The molecule has 5 aliphatic rings. The maximum atomic E-state index is 14.6. The molecular weight excluding hydrogens is 857 g/mol. The largest absolute Gasteiger partial charge is 0.376 e. The summed E-state index contributed by atoms with van der Waals surface area (Å²) in [6.45, 7) is 16.4. The fourth-order valence-electron chi connectivity index (χ4n) is 12.8. The zero-order valence-electron chi connectivity index (χ0n) is 41.5. The van der Waals surface area contributed by atoms with Crippen LogP contribution in [0, 0.1) is 17.8 Å². The van der Waals surface area contributed by atoms with Gasteiger partial charge >= 0.3 is 0 Å². The van der Waals surface area contributed by atoms with E-state index in [4.69, 9.17) is 19.4 Å². The van der Waals surface area contributed by atoms with Crippen molar-refractivity contribution in [1.29, 1.82) is 0 Å². The molecule has 5 aliphatic heterocycles. The Labute approximate surface area is 401 Å². The van der Waals surface area contributed by atoms with Gasteiger partial charge in [-0.05, 0) is 140 Å². The highest BCUT2D eigenvalue weighted by Gasteiger charge is 2.46. The number of likely N-dealkylation sites (N-methyl/N-ethyl adjacent to an activating group) is 1. The number of H-pyrrole nitrogens is 2. The van der Waals surface area contributed by atoms with Crippen LogP contribution >= 0.6 is 0 Å². The van der Waals surface area contributed by atoms with Crippen LogP contribution in [0.15, 0.2) is 48.8 Å². The molecule has 0 radical (unpaired) electrons. The maximum absolute atomic E-state index is 14.6. The molecule has 4 fully saturated rings. The highest BCUT2D eigenvalue weighted by atomic mass is 16.5. The normalized spacial score (nSPS) is 29.2. The molecule has 0 unspecified atom stereocenters. The molecule has 9 rings (SSSR count). The van der Waals surface area contributed by atoms with Gasteiger partial charge in [0.25, 0.3) is 0 Å². The number of hydrogen-bond acceptors (Lipinski definition) is 9. The van der Waals surface area contributed by atoms with Gasteiger partial charge < -0.3 is 44.3 Å². The van der Waals surface area contributed by atoms with Crippen molar-refractivity contribution in [3.05, 3.63) is 66.0 Å². The fraction of sp³-hybridized carbons (Fsp3) is 0.593. The molecule has 0 saturated carbocycles. The van der Waals surface area contributed by atoms with E-state index in [1.165, 1.54) is 23.7 Å². The van der Waals surface area contributed by atoms with Gasteiger partial charge in [0.2, 0.25) is 17.7 Å². The fourth-order valence-corrected chi connectivity index (χ4v) is 12.8. The first kappa shape index (κ1) is 47.7. The van der Waals surface area contributed by atoms with Crippen LogP contribution in [0.25, 0.3) is 33.6 Å². The summed E-state index contributed by atoms with van der Waals surface area (Å²) in [5.41, 5.74) is 8.70. The molecule has 4 aromatic rings. The minimum atomic E-state index is -0.614. The number of rotatable bonds is 12. The van der Waals surface area contributed by atoms with Gasteiger partial charge in [-0.15, -0.1) is 0 Å². The summed E-state index contributed by atoms with van der Waals surface area (Å²) < 4.78 is 12.0. The Bertz CT molecular complexity index is 2480. The molecule has 68 heavy (non-hydrogen) atoms. The van der Waals surface area contributed by atoms with Crippen molar-refractivity contribution in [3.63, 3.8) is 0 Å². The number of amides is 3. The van der Waals surface area contributed by atoms with Gasteiger partial charge in [-0.2, -0.15) is 0 Å². The van der Waals surface area contributed by atoms with Crippen LogP contribution in [-0.4, -0.2) is 109 Å². The summed E-state index contributed by atoms with van der Waals surface area (Å²) in [6.07, 6.45) is 11.4. The van der Waals surface area contributed by atoms with E-state index < -0.39 is 6.04 Å². The van der Waals surface area contributed by atoms with E-state index in [9.17, 15) is 19.2 Å². The molecule has 14 nitrogen and oxygen atoms in total. The van der Waals surface area contributed by atoms with Crippen molar-refractivity contribution >= 4 is 29.2 Å². The third kappa shape index (κ3) is 9.51. The third-order valence-electron chi connectivity index (χ3n) is 15.8. The molecule has 2 aromatic carbocycles. The number of anilines is 1. The average Bonchev–Trinajstić information content (AvgIpc) is 4.15. The number of hydrogen-bond donors (Lipinski definition) is 3. The van der Waals surface area contributed by atoms with Crippen LogP contribution in [0.5, 0.6) is 0 Å². The molecule has 7 heterocycles. The van der Waals surface area contributed by atoms with Gasteiger partial charge in [-0.1, -0.05) is 36.4 Å². The van der Waals surface area contributed by atoms with E-state index in [2.05, 4.69) is 91.3 Å². The highest BCUT2D eigenvalue weighted by molar-refractivity contribution is 5.90. The summed E-state index contributed by atoms with van der Waals surface area (Å²) >= 11 is 0. The van der Waals surface area contributed by atoms with Crippen molar-refractivity contribution < 1.29 is 28.7 Å². The molecule has 364 valence electrons. The Hall–Kier alpha value is -5.34. The van der Waals surface area contributed by atoms with Crippen LogP contribution in [0.1, 0.15) is 142 Å². The Morgan fingerprint density at radius 2 is 1.19 bits per heavy atom. The van der Waals surface area contributed by atoms with Crippen molar-refractivity contribution in [3.8, 4) is 33.6 Å². The van der Waals surface area contributed by atoms with Crippen LogP contribution in [-0.2, 0) is 35.1 Å². The topological polar surface area (TPSA) is 166 Å². The minimum Gasteiger partial charge on any atom is -0.376 e. The summed E-state index contributed by atoms with van der Waals surface area (Å²) in [7, 11) is 2.15. The minimum absolute atomic E-state index is 0.00858. The number of imidazole rings is 2. The van der Waals surface area contributed by atoms with Crippen LogP contribution in [0.2, 0.25) is 0 Å².